The van der Waals surface area contributed by atoms with Crippen LogP contribution in [0.5, 0.6) is 0 Å². The zero-order valence-corrected chi connectivity index (χ0v) is 15.9. The van der Waals surface area contributed by atoms with Crippen molar-refractivity contribution >= 4 is 21.9 Å². The molecular formula is C17H26N2O5S. The van der Waals surface area contributed by atoms with Crippen molar-refractivity contribution in [1.82, 2.24) is 9.62 Å². The van der Waals surface area contributed by atoms with E-state index < -0.39 is 35.1 Å². The Morgan fingerprint density at radius 2 is 1.84 bits per heavy atom. The largest absolute Gasteiger partial charge is 0.455 e. The minimum atomic E-state index is -3.78. The lowest BCUT2D eigenvalue weighted by atomic mass is 10.2. The van der Waals surface area contributed by atoms with Crippen LogP contribution in [0.3, 0.4) is 0 Å². The number of likely N-dealkylation sites (N-methyl/N-ethyl adjacent to an activating group) is 1. The Labute approximate surface area is 149 Å². The molecule has 25 heavy (non-hydrogen) atoms. The van der Waals surface area contributed by atoms with Crippen LogP contribution in [0.4, 0.5) is 0 Å². The molecule has 1 rings (SSSR count). The summed E-state index contributed by atoms with van der Waals surface area (Å²) >= 11 is 0. The fraction of sp³-hybridized carbons (Fsp3) is 0.529. The van der Waals surface area contributed by atoms with Crippen LogP contribution >= 0.6 is 0 Å². The molecule has 1 N–H and O–H groups in total. The summed E-state index contributed by atoms with van der Waals surface area (Å²) in [5.74, 6) is -1.19. The third-order valence-electron chi connectivity index (χ3n) is 3.57. The van der Waals surface area contributed by atoms with E-state index in [4.69, 9.17) is 4.74 Å². The summed E-state index contributed by atoms with van der Waals surface area (Å²) in [6.07, 6.45) is 1.76. The molecule has 1 aromatic rings. The molecule has 0 bridgehead atoms. The van der Waals surface area contributed by atoms with E-state index in [2.05, 4.69) is 5.32 Å². The number of hydrogen-bond donors (Lipinski definition) is 1. The molecule has 0 spiro atoms. The van der Waals surface area contributed by atoms with Gasteiger partial charge in [0.15, 0.2) is 6.61 Å². The van der Waals surface area contributed by atoms with Crippen molar-refractivity contribution in [2.45, 2.75) is 44.6 Å². The highest BCUT2D eigenvalue weighted by molar-refractivity contribution is 7.89. The maximum absolute atomic E-state index is 12.4. The standard InChI is InChI=1S/C17H26N2O5S/c1-5-6-14(3)18-16(20)12-24-17(21)11-19(4)25(22,23)15-9-7-13(2)8-10-15/h7-10,14H,5-6,11-12H2,1-4H3,(H,18,20)/t14-/m0/s1. The van der Waals surface area contributed by atoms with Gasteiger partial charge in [0.05, 0.1) is 4.90 Å². The summed E-state index contributed by atoms with van der Waals surface area (Å²) in [6, 6.07) is 6.33. The number of nitrogens with one attached hydrogen (secondary N) is 1. The normalized spacial score (nSPS) is 12.7. The van der Waals surface area contributed by atoms with Gasteiger partial charge < -0.3 is 10.1 Å². The number of ether oxygens (including phenoxy) is 1. The molecule has 8 heteroatoms. The fourth-order valence-corrected chi connectivity index (χ4v) is 3.29. The molecule has 140 valence electrons. The van der Waals surface area contributed by atoms with Gasteiger partial charge in [-0.3, -0.25) is 9.59 Å². The topological polar surface area (TPSA) is 92.8 Å². The van der Waals surface area contributed by atoms with Gasteiger partial charge in [-0.15, -0.1) is 0 Å². The smallest absolute Gasteiger partial charge is 0.321 e. The highest BCUT2D eigenvalue weighted by Crippen LogP contribution is 2.14. The molecule has 0 aliphatic heterocycles. The Balaban J connectivity index is 2.53. The van der Waals surface area contributed by atoms with Crippen molar-refractivity contribution < 1.29 is 22.7 Å². The Hall–Kier alpha value is -1.93. The highest BCUT2D eigenvalue weighted by Gasteiger charge is 2.23. The van der Waals surface area contributed by atoms with Crippen LogP contribution in [0.15, 0.2) is 29.2 Å². The summed E-state index contributed by atoms with van der Waals surface area (Å²) in [4.78, 5) is 23.5. The van der Waals surface area contributed by atoms with E-state index in [0.717, 1.165) is 22.7 Å². The van der Waals surface area contributed by atoms with Crippen LogP contribution < -0.4 is 5.32 Å². The Bertz CT molecular complexity index is 685. The van der Waals surface area contributed by atoms with Crippen LogP contribution in [0.1, 0.15) is 32.3 Å². The van der Waals surface area contributed by atoms with Crippen LogP contribution in [0.25, 0.3) is 0 Å². The van der Waals surface area contributed by atoms with Crippen LogP contribution in [-0.4, -0.2) is 50.8 Å². The second-order valence-electron chi connectivity index (χ2n) is 5.99. The SMILES string of the molecule is CCC[C@H](C)NC(=O)COC(=O)CN(C)S(=O)(=O)c1ccc(C)cc1. The minimum Gasteiger partial charge on any atom is -0.455 e. The molecule has 7 nitrogen and oxygen atoms in total. The minimum absolute atomic E-state index is 0.000732. The molecule has 0 saturated heterocycles. The number of sulfonamides is 1. The molecule has 0 saturated carbocycles. The predicted octanol–water partition coefficient (Wildman–Crippen LogP) is 1.46. The number of aryl methyl sites for hydroxylation is 1. The van der Waals surface area contributed by atoms with Gasteiger partial charge in [0.2, 0.25) is 10.0 Å². The van der Waals surface area contributed by atoms with Gasteiger partial charge >= 0.3 is 5.97 Å². The maximum Gasteiger partial charge on any atom is 0.321 e. The van der Waals surface area contributed by atoms with Gasteiger partial charge in [-0.05, 0) is 32.4 Å². The Morgan fingerprint density at radius 3 is 2.40 bits per heavy atom. The van der Waals surface area contributed by atoms with E-state index in [0.29, 0.717) is 0 Å². The van der Waals surface area contributed by atoms with Crippen molar-refractivity contribution in [3.63, 3.8) is 0 Å². The second-order valence-corrected chi connectivity index (χ2v) is 8.04. The summed E-state index contributed by atoms with van der Waals surface area (Å²) in [5.41, 5.74) is 0.935. The van der Waals surface area contributed by atoms with Gasteiger partial charge in [0, 0.05) is 13.1 Å². The van der Waals surface area contributed by atoms with Gasteiger partial charge in [-0.25, -0.2) is 8.42 Å². The molecule has 0 radical (unpaired) electrons. The highest BCUT2D eigenvalue weighted by atomic mass is 32.2. The first-order chi connectivity index (χ1) is 11.7. The zero-order chi connectivity index (χ0) is 19.0. The zero-order valence-electron chi connectivity index (χ0n) is 15.1. The number of benzene rings is 1. The maximum atomic E-state index is 12.4. The van der Waals surface area contributed by atoms with Crippen LogP contribution in [0.2, 0.25) is 0 Å². The quantitative estimate of drug-likeness (QED) is 0.665. The van der Waals surface area contributed by atoms with Gasteiger partial charge in [0.1, 0.15) is 6.54 Å². The fourth-order valence-electron chi connectivity index (χ4n) is 2.17. The van der Waals surface area contributed by atoms with E-state index >= 15 is 0 Å². The first-order valence-corrected chi connectivity index (χ1v) is 9.58. The van der Waals surface area contributed by atoms with Gasteiger partial charge in [-0.1, -0.05) is 31.0 Å². The molecular weight excluding hydrogens is 344 g/mol. The van der Waals surface area contributed by atoms with Crippen molar-refractivity contribution in [1.29, 1.82) is 0 Å². The average molecular weight is 370 g/mol. The third kappa shape index (κ3) is 6.83. The van der Waals surface area contributed by atoms with E-state index in [-0.39, 0.29) is 10.9 Å². The number of rotatable bonds is 9. The molecule has 0 unspecified atom stereocenters. The van der Waals surface area contributed by atoms with Crippen LogP contribution in [-0.2, 0) is 24.3 Å². The Kier molecular flexibility index (Phi) is 8.05. The van der Waals surface area contributed by atoms with Crippen molar-refractivity contribution in [2.24, 2.45) is 0 Å². The van der Waals surface area contributed by atoms with Gasteiger partial charge in [-0.2, -0.15) is 4.31 Å². The molecule has 1 atom stereocenters. The number of hydrogen-bond acceptors (Lipinski definition) is 5. The summed E-state index contributed by atoms with van der Waals surface area (Å²) in [5, 5.41) is 2.70. The number of nitrogens with zero attached hydrogens (tertiary/aromatic N) is 1. The second kappa shape index (κ2) is 9.53. The van der Waals surface area contributed by atoms with Gasteiger partial charge in [0.25, 0.3) is 5.91 Å². The summed E-state index contributed by atoms with van der Waals surface area (Å²) in [6.45, 7) is 4.83. The molecule has 0 fully saturated rings. The number of carbonyl (C=O) groups excluding carboxylic acids is 2. The predicted molar refractivity (Wildman–Crippen MR) is 94.5 cm³/mol. The third-order valence-corrected chi connectivity index (χ3v) is 5.39. The molecule has 0 heterocycles. The first-order valence-electron chi connectivity index (χ1n) is 8.14. The van der Waals surface area contributed by atoms with E-state index in [9.17, 15) is 18.0 Å². The number of esters is 1. The lowest BCUT2D eigenvalue weighted by Gasteiger charge is -2.17. The molecule has 1 aromatic carbocycles. The van der Waals surface area contributed by atoms with E-state index in [1.165, 1.54) is 19.2 Å². The van der Waals surface area contributed by atoms with E-state index in [1.807, 2.05) is 20.8 Å². The first kappa shape index (κ1) is 21.1. The molecule has 0 aliphatic rings. The Morgan fingerprint density at radius 1 is 1.24 bits per heavy atom. The summed E-state index contributed by atoms with van der Waals surface area (Å²) in [7, 11) is -2.49. The molecule has 1 amide bonds. The monoisotopic (exact) mass is 370 g/mol. The van der Waals surface area contributed by atoms with Crippen molar-refractivity contribution in [3.8, 4) is 0 Å². The van der Waals surface area contributed by atoms with Crippen molar-refractivity contribution in [2.75, 3.05) is 20.2 Å². The number of amides is 1. The van der Waals surface area contributed by atoms with Crippen molar-refractivity contribution in [3.05, 3.63) is 29.8 Å². The average Bonchev–Trinajstić information content (AvgIpc) is 2.53. The van der Waals surface area contributed by atoms with Crippen LogP contribution in [0, 0.1) is 6.92 Å². The molecule has 0 aliphatic carbocycles. The summed E-state index contributed by atoms with van der Waals surface area (Å²) < 4.78 is 30.5. The number of carbonyl (C=O) groups is 2. The lowest BCUT2D eigenvalue weighted by Crippen LogP contribution is -2.38. The lowest BCUT2D eigenvalue weighted by molar-refractivity contribution is -0.148. The molecule has 0 aromatic heterocycles. The van der Waals surface area contributed by atoms with E-state index in [1.54, 1.807) is 12.1 Å².